The highest BCUT2D eigenvalue weighted by atomic mass is 19.4. The Hall–Kier alpha value is -5.78. The second-order valence-electron chi connectivity index (χ2n) is 17.0. The maximum atomic E-state index is 15.9. The lowest BCUT2D eigenvalue weighted by Crippen LogP contribution is -2.57. The van der Waals surface area contributed by atoms with Crippen LogP contribution in [0.1, 0.15) is 89.5 Å². The van der Waals surface area contributed by atoms with E-state index in [1.54, 1.807) is 0 Å². The number of hydrazine groups is 1. The first-order valence-electron chi connectivity index (χ1n) is 21.1. The van der Waals surface area contributed by atoms with E-state index in [9.17, 15) is 68.2 Å². The van der Waals surface area contributed by atoms with Crippen molar-refractivity contribution in [3.8, 4) is 0 Å². The lowest BCUT2D eigenvalue weighted by Gasteiger charge is -2.38. The van der Waals surface area contributed by atoms with Gasteiger partial charge in [-0.05, 0) is 55.0 Å². The number of aliphatic hydroxyl groups excluding tert-OH is 1. The monoisotopic (exact) mass is 1000 g/mol. The lowest BCUT2D eigenvalue weighted by atomic mass is 9.74. The van der Waals surface area contributed by atoms with Crippen molar-refractivity contribution in [2.45, 2.75) is 118 Å². The molecule has 0 saturated heterocycles. The van der Waals surface area contributed by atoms with Gasteiger partial charge in [-0.3, -0.25) is 24.6 Å². The molecule has 0 saturated carbocycles. The summed E-state index contributed by atoms with van der Waals surface area (Å²) >= 11 is 0. The first-order chi connectivity index (χ1) is 31.8. The van der Waals surface area contributed by atoms with E-state index in [-0.39, 0.29) is 29.5 Å². The fourth-order valence-electron chi connectivity index (χ4n) is 6.76. The summed E-state index contributed by atoms with van der Waals surface area (Å²) in [5.74, 6) is -11.2. The van der Waals surface area contributed by atoms with E-state index < -0.39 is 144 Å². The minimum absolute atomic E-state index is 0.0144. The highest BCUT2D eigenvalue weighted by molar-refractivity contribution is 6.10. The van der Waals surface area contributed by atoms with Crippen molar-refractivity contribution in [3.63, 3.8) is 0 Å². The number of allylic oxidation sites excluding steroid dienone is 2. The largest absolute Gasteiger partial charge is 0.404 e. The van der Waals surface area contributed by atoms with Crippen LogP contribution in [0, 0.1) is 34.3 Å². The molecule has 24 heteroatoms. The third-order valence-corrected chi connectivity index (χ3v) is 11.4. The normalized spacial score (nSPS) is 15.3. The van der Waals surface area contributed by atoms with Crippen molar-refractivity contribution >= 4 is 47.0 Å². The molecule has 384 valence electrons. The molecule has 69 heavy (non-hydrogen) atoms. The minimum atomic E-state index is -5.13. The SMILES string of the molecule is CCC(=O)C[C@H](C(=O)NN(Cc1c(F)cc(C(C=NC(F)F)=CN)cc1F)C[C@H](O)[C@@H](CC(=O)[C@@H](NC(=O)CC)C(C)(C)C(F)(F)F)Cc1ccc(C(C=NC(F)F)=CN)cc1)C(C)(C)C(F)(F)F. The molecule has 2 rings (SSSR count). The highest BCUT2D eigenvalue weighted by Crippen LogP contribution is 2.46. The Balaban J connectivity index is 2.88. The van der Waals surface area contributed by atoms with E-state index in [0.717, 1.165) is 12.4 Å². The number of aliphatic hydroxyl groups is 1. The summed E-state index contributed by atoms with van der Waals surface area (Å²) in [7, 11) is 0. The van der Waals surface area contributed by atoms with Gasteiger partial charge in [0.1, 0.15) is 23.5 Å². The Kier molecular flexibility index (Phi) is 21.7. The molecule has 7 N–H and O–H groups in total. The number of nitrogens with one attached hydrogen (secondary N) is 2. The van der Waals surface area contributed by atoms with E-state index in [2.05, 4.69) is 20.7 Å². The number of Topliss-reactive ketones (excluding diaryl/α,β-unsaturated/α-hetero) is 2. The zero-order chi connectivity index (χ0) is 52.8. The number of nitrogens with zero attached hydrogens (tertiary/aromatic N) is 3. The molecular formula is C45H55F12N7O5. The van der Waals surface area contributed by atoms with E-state index in [4.69, 9.17) is 11.5 Å². The van der Waals surface area contributed by atoms with Gasteiger partial charge in [-0.15, -0.1) is 0 Å². The van der Waals surface area contributed by atoms with Gasteiger partial charge in [-0.1, -0.05) is 52.0 Å². The number of aliphatic imine (C=N–C) groups is 2. The van der Waals surface area contributed by atoms with Crippen molar-refractivity contribution in [1.82, 2.24) is 15.8 Å². The van der Waals surface area contributed by atoms with Gasteiger partial charge in [-0.2, -0.15) is 43.9 Å². The summed E-state index contributed by atoms with van der Waals surface area (Å²) in [6.45, 7) is -3.38. The van der Waals surface area contributed by atoms with Crippen molar-refractivity contribution in [2.75, 3.05) is 6.54 Å². The van der Waals surface area contributed by atoms with Crippen LogP contribution in [0.5, 0.6) is 0 Å². The molecule has 2 aromatic rings. The molecule has 0 spiro atoms. The van der Waals surface area contributed by atoms with Gasteiger partial charge in [-0.25, -0.2) is 23.8 Å². The molecule has 12 nitrogen and oxygen atoms in total. The average Bonchev–Trinajstić information content (AvgIpc) is 3.24. The predicted molar refractivity (Wildman–Crippen MR) is 233 cm³/mol. The number of hydrogen-bond acceptors (Lipinski definition) is 10. The molecule has 0 heterocycles. The van der Waals surface area contributed by atoms with Crippen LogP contribution in [-0.2, 0) is 32.1 Å². The zero-order valence-corrected chi connectivity index (χ0v) is 38.3. The van der Waals surface area contributed by atoms with Gasteiger partial charge in [0.15, 0.2) is 5.78 Å². The lowest BCUT2D eigenvalue weighted by molar-refractivity contribution is -0.230. The molecule has 2 amide bonds. The third kappa shape index (κ3) is 16.7. The molecule has 0 aliphatic rings. The minimum Gasteiger partial charge on any atom is -0.404 e. The molecule has 0 fully saturated rings. The topological polar surface area (TPSA) is 193 Å². The number of amides is 2. The zero-order valence-electron chi connectivity index (χ0n) is 38.3. The number of benzene rings is 2. The molecule has 0 aliphatic heterocycles. The Morgan fingerprint density at radius 2 is 1.25 bits per heavy atom. The number of carbonyl (C=O) groups excluding carboxylic acids is 4. The van der Waals surface area contributed by atoms with Gasteiger partial charge in [0.05, 0.1) is 22.9 Å². The number of halogens is 12. The molecule has 0 unspecified atom stereocenters. The van der Waals surface area contributed by atoms with Gasteiger partial charge in [0, 0.05) is 80.3 Å². The summed E-state index contributed by atoms with van der Waals surface area (Å²) in [6.07, 6.45) is -12.4. The Morgan fingerprint density at radius 1 is 0.754 bits per heavy atom. The predicted octanol–water partition coefficient (Wildman–Crippen LogP) is 8.22. The number of alkyl halides is 10. The summed E-state index contributed by atoms with van der Waals surface area (Å²) in [6, 6.07) is 4.36. The number of hydrogen-bond donors (Lipinski definition) is 5. The van der Waals surface area contributed by atoms with E-state index in [0.29, 0.717) is 57.3 Å². The van der Waals surface area contributed by atoms with Crippen LogP contribution < -0.4 is 22.2 Å². The second-order valence-corrected chi connectivity index (χ2v) is 17.0. The average molecular weight is 1000 g/mol. The van der Waals surface area contributed by atoms with Crippen LogP contribution in [-0.4, -0.2) is 90.1 Å². The summed E-state index contributed by atoms with van der Waals surface area (Å²) < 4.78 is 170. The van der Waals surface area contributed by atoms with Crippen LogP contribution in [0.2, 0.25) is 0 Å². The molecule has 4 atom stereocenters. The Labute approximate surface area is 390 Å². The van der Waals surface area contributed by atoms with Gasteiger partial charge >= 0.3 is 25.5 Å². The van der Waals surface area contributed by atoms with Crippen molar-refractivity contribution in [1.29, 1.82) is 0 Å². The molecule has 0 aromatic heterocycles. The highest BCUT2D eigenvalue weighted by Gasteiger charge is 2.56. The molecular weight excluding hydrogens is 947 g/mol. The second kappa shape index (κ2) is 25.2. The Bertz CT molecular complexity index is 2190. The van der Waals surface area contributed by atoms with Gasteiger partial charge in [0.2, 0.25) is 11.8 Å². The fourth-order valence-corrected chi connectivity index (χ4v) is 6.76. The van der Waals surface area contributed by atoms with Crippen molar-refractivity contribution in [2.24, 2.45) is 44.1 Å². The number of carbonyl (C=O) groups is 4. The summed E-state index contributed by atoms with van der Waals surface area (Å²) in [5, 5.41) is 14.6. The molecule has 2 aromatic carbocycles. The van der Waals surface area contributed by atoms with Crippen molar-refractivity contribution in [3.05, 3.63) is 82.7 Å². The van der Waals surface area contributed by atoms with Crippen LogP contribution in [0.25, 0.3) is 11.1 Å². The number of nitrogens with two attached hydrogens (primary N) is 2. The molecule has 0 radical (unpaired) electrons. The smallest absolute Gasteiger partial charge is 0.396 e. The fraction of sp³-hybridized carbons (Fsp3) is 0.511. The van der Waals surface area contributed by atoms with Crippen LogP contribution in [0.15, 0.2) is 58.8 Å². The first kappa shape index (κ1) is 59.3. The van der Waals surface area contributed by atoms with Crippen molar-refractivity contribution < 1.29 is 77.0 Å². The van der Waals surface area contributed by atoms with E-state index >= 15 is 8.78 Å². The van der Waals surface area contributed by atoms with Crippen LogP contribution in [0.4, 0.5) is 52.7 Å². The maximum Gasteiger partial charge on any atom is 0.396 e. The third-order valence-electron chi connectivity index (χ3n) is 11.4. The Morgan fingerprint density at radius 3 is 1.68 bits per heavy atom. The maximum absolute atomic E-state index is 15.9. The van der Waals surface area contributed by atoms with Gasteiger partial charge < -0.3 is 21.9 Å². The standard InChI is InChI=1S/C45H55F12N7O5/c1-7-30(65)17-32(42(3,4)44(52,53)54)39(69)63-64(22-31-33(46)14-26(15-34(31)47)29(19-59)21-61-41(50)51)23-36(67)27(13-24-9-11-25(12-10-24)28(18-58)20-60-40(48)49)16-35(66)38(62-37(68)8-2)43(5,6)45(55,56)57/h9-12,14-15,18-21,27,32,36,38,40-41,67H,7-8,13,16-17,22-23,58-59H2,1-6H3,(H,62,68)(H,63,69)/t27-,32-,36+,38-/m1/s1. The van der Waals surface area contributed by atoms with Crippen LogP contribution in [0.3, 0.4) is 0 Å². The summed E-state index contributed by atoms with van der Waals surface area (Å²) in [4.78, 5) is 58.9. The molecule has 0 aliphatic carbocycles. The van der Waals surface area contributed by atoms with Gasteiger partial charge in [0.25, 0.3) is 0 Å². The first-order valence-corrected chi connectivity index (χ1v) is 21.1. The quantitative estimate of drug-likeness (QED) is 0.0284. The summed E-state index contributed by atoms with van der Waals surface area (Å²) in [5.41, 5.74) is 5.95. The number of rotatable bonds is 25. The van der Waals surface area contributed by atoms with Crippen LogP contribution >= 0.6 is 0 Å². The molecule has 0 bridgehead atoms. The van der Waals surface area contributed by atoms with E-state index in [1.807, 2.05) is 0 Å². The van der Waals surface area contributed by atoms with E-state index in [1.165, 1.54) is 38.1 Å². The number of ketones is 2.